The SMILES string of the molecule is Cc1cc(-c2cc(F)cc3c2OC(CN)C3)nc(N(C)C)n1. The Labute approximate surface area is 128 Å². The van der Waals surface area contributed by atoms with Gasteiger partial charge in [-0.05, 0) is 25.1 Å². The van der Waals surface area contributed by atoms with Crippen molar-refractivity contribution in [2.75, 3.05) is 25.5 Å². The maximum atomic E-state index is 14.0. The molecule has 0 saturated heterocycles. The zero-order valence-electron chi connectivity index (χ0n) is 12.9. The molecule has 116 valence electrons. The maximum absolute atomic E-state index is 14.0. The van der Waals surface area contributed by atoms with Gasteiger partial charge in [0.25, 0.3) is 0 Å². The van der Waals surface area contributed by atoms with Crippen molar-refractivity contribution in [3.63, 3.8) is 0 Å². The van der Waals surface area contributed by atoms with Crippen molar-refractivity contribution in [2.24, 2.45) is 5.73 Å². The first-order chi connectivity index (χ1) is 10.5. The van der Waals surface area contributed by atoms with Gasteiger partial charge in [-0.25, -0.2) is 14.4 Å². The lowest BCUT2D eigenvalue weighted by atomic mass is 10.0. The highest BCUT2D eigenvalue weighted by Gasteiger charge is 2.26. The highest BCUT2D eigenvalue weighted by Crippen LogP contribution is 2.39. The van der Waals surface area contributed by atoms with Gasteiger partial charge in [0.05, 0.1) is 5.69 Å². The Balaban J connectivity index is 2.14. The molecule has 1 unspecified atom stereocenters. The van der Waals surface area contributed by atoms with Gasteiger partial charge in [0, 0.05) is 43.9 Å². The summed E-state index contributed by atoms with van der Waals surface area (Å²) in [6.45, 7) is 2.29. The molecule has 1 aromatic carbocycles. The summed E-state index contributed by atoms with van der Waals surface area (Å²) in [6, 6.07) is 4.80. The highest BCUT2D eigenvalue weighted by molar-refractivity contribution is 5.71. The fraction of sp³-hybridized carbons (Fsp3) is 0.375. The van der Waals surface area contributed by atoms with Gasteiger partial charge in [-0.2, -0.15) is 0 Å². The van der Waals surface area contributed by atoms with Crippen LogP contribution in [0.25, 0.3) is 11.3 Å². The Hall–Kier alpha value is -2.21. The third-order valence-electron chi connectivity index (χ3n) is 3.64. The number of nitrogens with two attached hydrogens (primary N) is 1. The number of nitrogens with zero attached hydrogens (tertiary/aromatic N) is 3. The summed E-state index contributed by atoms with van der Waals surface area (Å²) in [7, 11) is 3.74. The first-order valence-corrected chi connectivity index (χ1v) is 7.20. The van der Waals surface area contributed by atoms with Crippen molar-refractivity contribution in [3.05, 3.63) is 35.3 Å². The number of benzene rings is 1. The Morgan fingerprint density at radius 2 is 2.09 bits per heavy atom. The molecule has 2 N–H and O–H groups in total. The Bertz CT molecular complexity index is 718. The van der Waals surface area contributed by atoms with E-state index in [4.69, 9.17) is 10.5 Å². The van der Waals surface area contributed by atoms with E-state index in [1.165, 1.54) is 12.1 Å². The van der Waals surface area contributed by atoms with E-state index < -0.39 is 0 Å². The molecular weight excluding hydrogens is 283 g/mol. The van der Waals surface area contributed by atoms with Crippen LogP contribution in [0.3, 0.4) is 0 Å². The predicted molar refractivity (Wildman–Crippen MR) is 83.7 cm³/mol. The van der Waals surface area contributed by atoms with Gasteiger partial charge in [-0.15, -0.1) is 0 Å². The van der Waals surface area contributed by atoms with Gasteiger partial charge in [0.1, 0.15) is 17.7 Å². The lowest BCUT2D eigenvalue weighted by molar-refractivity contribution is 0.242. The van der Waals surface area contributed by atoms with Crippen molar-refractivity contribution in [1.82, 2.24) is 9.97 Å². The number of hydrogen-bond acceptors (Lipinski definition) is 5. The number of hydrogen-bond donors (Lipinski definition) is 1. The highest BCUT2D eigenvalue weighted by atomic mass is 19.1. The molecule has 3 rings (SSSR count). The van der Waals surface area contributed by atoms with E-state index in [1.54, 1.807) is 0 Å². The predicted octanol–water partition coefficient (Wildman–Crippen LogP) is 1.92. The minimum atomic E-state index is -0.294. The number of fused-ring (bicyclic) bond motifs is 1. The van der Waals surface area contributed by atoms with Crippen LogP contribution in [0.2, 0.25) is 0 Å². The van der Waals surface area contributed by atoms with Crippen LogP contribution in [0.4, 0.5) is 10.3 Å². The molecule has 0 radical (unpaired) electrons. The Morgan fingerprint density at radius 1 is 1.32 bits per heavy atom. The van der Waals surface area contributed by atoms with Gasteiger partial charge in [-0.1, -0.05) is 0 Å². The summed E-state index contributed by atoms with van der Waals surface area (Å²) in [5, 5.41) is 0. The quantitative estimate of drug-likeness (QED) is 0.938. The summed E-state index contributed by atoms with van der Waals surface area (Å²) < 4.78 is 19.8. The summed E-state index contributed by atoms with van der Waals surface area (Å²) in [4.78, 5) is 10.7. The molecule has 1 aliphatic heterocycles. The van der Waals surface area contributed by atoms with Gasteiger partial charge in [0.2, 0.25) is 5.95 Å². The average molecular weight is 302 g/mol. The first kappa shape index (κ1) is 14.7. The number of anilines is 1. The molecular formula is C16H19FN4O. The van der Waals surface area contributed by atoms with Crippen LogP contribution < -0.4 is 15.4 Å². The normalized spacial score (nSPS) is 16.3. The fourth-order valence-corrected chi connectivity index (χ4v) is 2.61. The molecule has 6 heteroatoms. The lowest BCUT2D eigenvalue weighted by Crippen LogP contribution is -2.24. The molecule has 0 aliphatic carbocycles. The van der Waals surface area contributed by atoms with Crippen molar-refractivity contribution < 1.29 is 9.13 Å². The molecule has 5 nitrogen and oxygen atoms in total. The topological polar surface area (TPSA) is 64.3 Å². The molecule has 1 atom stereocenters. The second kappa shape index (κ2) is 5.53. The average Bonchev–Trinajstić information content (AvgIpc) is 2.88. The lowest BCUT2D eigenvalue weighted by Gasteiger charge is -2.14. The van der Waals surface area contributed by atoms with Crippen molar-refractivity contribution in [3.8, 4) is 17.0 Å². The first-order valence-electron chi connectivity index (χ1n) is 7.20. The van der Waals surface area contributed by atoms with Crippen LogP contribution in [0.1, 0.15) is 11.3 Å². The molecule has 0 spiro atoms. The van der Waals surface area contributed by atoms with E-state index in [2.05, 4.69) is 9.97 Å². The minimum Gasteiger partial charge on any atom is -0.488 e. The minimum absolute atomic E-state index is 0.105. The molecule has 2 aromatic rings. The second-order valence-corrected chi connectivity index (χ2v) is 5.71. The summed E-state index contributed by atoms with van der Waals surface area (Å²) in [5.41, 5.74) is 8.65. The van der Waals surface area contributed by atoms with Crippen molar-refractivity contribution in [1.29, 1.82) is 0 Å². The van der Waals surface area contributed by atoms with E-state index in [1.807, 2.05) is 32.0 Å². The third kappa shape index (κ3) is 2.62. The molecule has 2 heterocycles. The van der Waals surface area contributed by atoms with Crippen molar-refractivity contribution >= 4 is 5.95 Å². The molecule has 1 aliphatic rings. The monoisotopic (exact) mass is 302 g/mol. The number of halogens is 1. The number of ether oxygens (including phenoxy) is 1. The number of aryl methyl sites for hydroxylation is 1. The Morgan fingerprint density at radius 3 is 2.77 bits per heavy atom. The number of rotatable bonds is 3. The van der Waals surface area contributed by atoms with Gasteiger partial charge in [-0.3, -0.25) is 0 Å². The van der Waals surface area contributed by atoms with Crippen LogP contribution in [0.15, 0.2) is 18.2 Å². The van der Waals surface area contributed by atoms with Crippen LogP contribution >= 0.6 is 0 Å². The van der Waals surface area contributed by atoms with Crippen LogP contribution in [0, 0.1) is 12.7 Å². The smallest absolute Gasteiger partial charge is 0.225 e. The summed E-state index contributed by atoms with van der Waals surface area (Å²) in [6.07, 6.45) is 0.521. The third-order valence-corrected chi connectivity index (χ3v) is 3.64. The largest absolute Gasteiger partial charge is 0.488 e. The van der Waals surface area contributed by atoms with Crippen molar-refractivity contribution in [2.45, 2.75) is 19.4 Å². The van der Waals surface area contributed by atoms with E-state index in [9.17, 15) is 4.39 Å². The molecule has 22 heavy (non-hydrogen) atoms. The Kier molecular flexibility index (Phi) is 3.70. The van der Waals surface area contributed by atoms with Gasteiger partial charge >= 0.3 is 0 Å². The van der Waals surface area contributed by atoms with E-state index in [0.717, 1.165) is 11.3 Å². The van der Waals surface area contributed by atoms with Gasteiger partial charge < -0.3 is 15.4 Å². The second-order valence-electron chi connectivity index (χ2n) is 5.71. The zero-order valence-corrected chi connectivity index (χ0v) is 12.9. The van der Waals surface area contributed by atoms with Crippen LogP contribution in [0.5, 0.6) is 5.75 Å². The van der Waals surface area contributed by atoms with Crippen LogP contribution in [-0.2, 0) is 6.42 Å². The standard InChI is InChI=1S/C16H19FN4O/c1-9-4-14(20-16(19-9)21(2)3)13-7-11(17)5-10-6-12(8-18)22-15(10)13/h4-5,7,12H,6,8,18H2,1-3H3. The van der Waals surface area contributed by atoms with E-state index in [0.29, 0.717) is 35.9 Å². The molecule has 0 fully saturated rings. The fourth-order valence-electron chi connectivity index (χ4n) is 2.61. The molecule has 0 bridgehead atoms. The zero-order chi connectivity index (χ0) is 15.9. The van der Waals surface area contributed by atoms with E-state index >= 15 is 0 Å². The van der Waals surface area contributed by atoms with E-state index in [-0.39, 0.29) is 11.9 Å². The summed E-state index contributed by atoms with van der Waals surface area (Å²) >= 11 is 0. The molecule has 0 saturated carbocycles. The van der Waals surface area contributed by atoms with Gasteiger partial charge in [0.15, 0.2) is 0 Å². The summed E-state index contributed by atoms with van der Waals surface area (Å²) in [5.74, 6) is 0.971. The van der Waals surface area contributed by atoms with Crippen LogP contribution in [-0.4, -0.2) is 36.7 Å². The molecule has 0 amide bonds. The number of aromatic nitrogens is 2. The molecule has 1 aromatic heterocycles. The maximum Gasteiger partial charge on any atom is 0.225 e.